The second kappa shape index (κ2) is 6.78. The first-order valence-corrected chi connectivity index (χ1v) is 7.30. The lowest BCUT2D eigenvalue weighted by Crippen LogP contribution is -2.54. The fourth-order valence-corrected chi connectivity index (χ4v) is 2.83. The number of morpholine rings is 1. The van der Waals surface area contributed by atoms with Crippen LogP contribution < -0.4 is 0 Å². The highest BCUT2D eigenvalue weighted by molar-refractivity contribution is 4.92. The molecule has 124 valence electrons. The average Bonchev–Trinajstić information content (AvgIpc) is 2.41. The minimum Gasteiger partial charge on any atom is -0.390 e. The van der Waals surface area contributed by atoms with Crippen LogP contribution in [-0.2, 0) is 4.74 Å². The van der Waals surface area contributed by atoms with Crippen molar-refractivity contribution < 1.29 is 28.1 Å². The molecule has 2 heterocycles. The Bertz CT molecular complexity index is 327. The summed E-state index contributed by atoms with van der Waals surface area (Å²) in [6, 6.07) is 0. The maximum absolute atomic E-state index is 12.7. The van der Waals surface area contributed by atoms with Crippen molar-refractivity contribution in [3.63, 3.8) is 0 Å². The van der Waals surface area contributed by atoms with E-state index in [4.69, 9.17) is 4.74 Å². The van der Waals surface area contributed by atoms with Gasteiger partial charge in [0.05, 0.1) is 19.3 Å². The van der Waals surface area contributed by atoms with Gasteiger partial charge in [0, 0.05) is 39.3 Å². The van der Waals surface area contributed by atoms with Crippen LogP contribution in [-0.4, -0.2) is 90.4 Å². The average molecular weight is 312 g/mol. The lowest BCUT2D eigenvalue weighted by atomic mass is 9.90. The Morgan fingerprint density at radius 2 is 1.48 bits per heavy atom. The Morgan fingerprint density at radius 3 is 1.95 bits per heavy atom. The Morgan fingerprint density at radius 1 is 1.00 bits per heavy atom. The molecule has 0 bridgehead atoms. The first-order valence-electron chi connectivity index (χ1n) is 7.30. The van der Waals surface area contributed by atoms with Crippen LogP contribution in [0.5, 0.6) is 0 Å². The van der Waals surface area contributed by atoms with Crippen molar-refractivity contribution in [1.82, 2.24) is 9.80 Å². The SMILES string of the molecule is OC(CN1CCOCC1)CN1CCC(O)(C(F)(F)F)CC1. The molecule has 2 saturated heterocycles. The molecule has 2 aliphatic rings. The number of likely N-dealkylation sites (tertiary alicyclic amines) is 1. The summed E-state index contributed by atoms with van der Waals surface area (Å²) < 4.78 is 43.3. The van der Waals surface area contributed by atoms with E-state index in [1.807, 2.05) is 0 Å². The Balaban J connectivity index is 1.72. The number of halogens is 3. The number of aliphatic hydroxyl groups is 2. The number of piperidine rings is 1. The highest BCUT2D eigenvalue weighted by Gasteiger charge is 2.54. The molecule has 2 fully saturated rings. The molecule has 1 atom stereocenters. The van der Waals surface area contributed by atoms with Crippen LogP contribution in [0.15, 0.2) is 0 Å². The van der Waals surface area contributed by atoms with Crippen LogP contribution >= 0.6 is 0 Å². The molecule has 0 amide bonds. The Hall–Kier alpha value is -0.410. The van der Waals surface area contributed by atoms with Crippen molar-refractivity contribution >= 4 is 0 Å². The van der Waals surface area contributed by atoms with E-state index in [9.17, 15) is 23.4 Å². The highest BCUT2D eigenvalue weighted by Crippen LogP contribution is 2.38. The fraction of sp³-hybridized carbons (Fsp3) is 1.00. The predicted molar refractivity (Wildman–Crippen MR) is 69.9 cm³/mol. The Labute approximate surface area is 122 Å². The predicted octanol–water partition coefficient (Wildman–Crippen LogP) is 0.0687. The topological polar surface area (TPSA) is 56.2 Å². The number of alkyl halides is 3. The maximum atomic E-state index is 12.7. The van der Waals surface area contributed by atoms with E-state index in [0.717, 1.165) is 13.1 Å². The zero-order chi connectivity index (χ0) is 15.5. The molecule has 0 aromatic rings. The molecule has 1 unspecified atom stereocenters. The molecule has 2 aliphatic heterocycles. The second-order valence-corrected chi connectivity index (χ2v) is 5.90. The van der Waals surface area contributed by atoms with Gasteiger partial charge in [0.15, 0.2) is 5.60 Å². The molecule has 21 heavy (non-hydrogen) atoms. The minimum atomic E-state index is -4.58. The third kappa shape index (κ3) is 4.53. The van der Waals surface area contributed by atoms with Crippen molar-refractivity contribution in [3.05, 3.63) is 0 Å². The van der Waals surface area contributed by atoms with Gasteiger partial charge in [-0.15, -0.1) is 0 Å². The van der Waals surface area contributed by atoms with E-state index in [-0.39, 0.29) is 25.9 Å². The molecule has 2 rings (SSSR count). The van der Waals surface area contributed by atoms with Crippen LogP contribution in [0.1, 0.15) is 12.8 Å². The van der Waals surface area contributed by atoms with Gasteiger partial charge in [0.2, 0.25) is 0 Å². The van der Waals surface area contributed by atoms with E-state index >= 15 is 0 Å². The summed E-state index contributed by atoms with van der Waals surface area (Å²) in [6.07, 6.45) is -5.84. The van der Waals surface area contributed by atoms with Crippen LogP contribution in [0.25, 0.3) is 0 Å². The standard InChI is InChI=1S/C13H23F3N2O3/c14-13(15,16)12(20)1-3-17(4-2-12)9-11(19)10-18-5-7-21-8-6-18/h11,19-20H,1-10H2. The van der Waals surface area contributed by atoms with Crippen molar-refractivity contribution in [1.29, 1.82) is 0 Å². The first kappa shape index (κ1) is 17.0. The van der Waals surface area contributed by atoms with Crippen molar-refractivity contribution in [2.75, 3.05) is 52.5 Å². The van der Waals surface area contributed by atoms with Gasteiger partial charge in [-0.25, -0.2) is 0 Å². The van der Waals surface area contributed by atoms with E-state index in [1.165, 1.54) is 0 Å². The summed E-state index contributed by atoms with van der Waals surface area (Å²) in [6.45, 7) is 3.97. The van der Waals surface area contributed by atoms with Crippen LogP contribution in [0.3, 0.4) is 0 Å². The molecular weight excluding hydrogens is 289 g/mol. The van der Waals surface area contributed by atoms with E-state index in [2.05, 4.69) is 4.90 Å². The Kier molecular flexibility index (Phi) is 5.48. The number of hydrogen-bond donors (Lipinski definition) is 2. The molecule has 0 aromatic heterocycles. The van der Waals surface area contributed by atoms with Gasteiger partial charge in [0.1, 0.15) is 0 Å². The first-order chi connectivity index (χ1) is 9.80. The van der Waals surface area contributed by atoms with Crippen molar-refractivity contribution in [2.24, 2.45) is 0 Å². The lowest BCUT2D eigenvalue weighted by Gasteiger charge is -2.40. The minimum absolute atomic E-state index is 0.149. The quantitative estimate of drug-likeness (QED) is 0.769. The number of rotatable bonds is 4. The molecule has 8 heteroatoms. The maximum Gasteiger partial charge on any atom is 0.417 e. The van der Waals surface area contributed by atoms with Gasteiger partial charge < -0.3 is 19.8 Å². The number of aliphatic hydroxyl groups excluding tert-OH is 1. The molecular formula is C13H23F3N2O3. The molecule has 5 nitrogen and oxygen atoms in total. The second-order valence-electron chi connectivity index (χ2n) is 5.90. The monoisotopic (exact) mass is 312 g/mol. The zero-order valence-electron chi connectivity index (χ0n) is 12.0. The third-order valence-corrected chi connectivity index (χ3v) is 4.25. The molecule has 2 N–H and O–H groups in total. The smallest absolute Gasteiger partial charge is 0.390 e. The number of nitrogens with zero attached hydrogens (tertiary/aromatic N) is 2. The number of β-amino-alcohol motifs (C(OH)–C–C–N with tert-alkyl or cyclic N) is 1. The largest absolute Gasteiger partial charge is 0.417 e. The summed E-state index contributed by atoms with van der Waals surface area (Å²) in [5.41, 5.74) is -2.57. The molecule has 0 spiro atoms. The van der Waals surface area contributed by atoms with Gasteiger partial charge in [-0.1, -0.05) is 0 Å². The van der Waals surface area contributed by atoms with Gasteiger partial charge in [-0.2, -0.15) is 13.2 Å². The van der Waals surface area contributed by atoms with Gasteiger partial charge >= 0.3 is 6.18 Å². The zero-order valence-corrected chi connectivity index (χ0v) is 12.0. The summed E-state index contributed by atoms with van der Waals surface area (Å²) in [4.78, 5) is 3.87. The van der Waals surface area contributed by atoms with Crippen LogP contribution in [0, 0.1) is 0 Å². The summed E-state index contributed by atoms with van der Waals surface area (Å²) >= 11 is 0. The van der Waals surface area contributed by atoms with E-state index < -0.39 is 17.9 Å². The summed E-state index contributed by atoms with van der Waals surface area (Å²) in [5.74, 6) is 0. The van der Waals surface area contributed by atoms with Crippen LogP contribution in [0.2, 0.25) is 0 Å². The van der Waals surface area contributed by atoms with E-state index in [1.54, 1.807) is 4.90 Å². The molecule has 0 aliphatic carbocycles. The lowest BCUT2D eigenvalue weighted by molar-refractivity contribution is -0.273. The van der Waals surface area contributed by atoms with Gasteiger partial charge in [-0.3, -0.25) is 4.90 Å². The number of ether oxygens (including phenoxy) is 1. The summed E-state index contributed by atoms with van der Waals surface area (Å²) in [7, 11) is 0. The molecule has 0 radical (unpaired) electrons. The summed E-state index contributed by atoms with van der Waals surface area (Å²) in [5, 5.41) is 19.6. The fourth-order valence-electron chi connectivity index (χ4n) is 2.83. The van der Waals surface area contributed by atoms with Gasteiger partial charge in [0.25, 0.3) is 0 Å². The molecule has 0 saturated carbocycles. The van der Waals surface area contributed by atoms with Gasteiger partial charge in [-0.05, 0) is 12.8 Å². The number of hydrogen-bond acceptors (Lipinski definition) is 5. The van der Waals surface area contributed by atoms with Crippen molar-refractivity contribution in [2.45, 2.75) is 30.7 Å². The van der Waals surface area contributed by atoms with Crippen LogP contribution in [0.4, 0.5) is 13.2 Å². The van der Waals surface area contributed by atoms with E-state index in [0.29, 0.717) is 26.3 Å². The van der Waals surface area contributed by atoms with Crippen molar-refractivity contribution in [3.8, 4) is 0 Å². The highest BCUT2D eigenvalue weighted by atomic mass is 19.4. The molecule has 0 aromatic carbocycles. The normalized spacial score (nSPS) is 26.7. The third-order valence-electron chi connectivity index (χ3n) is 4.25.